The van der Waals surface area contributed by atoms with Crippen molar-refractivity contribution in [1.29, 1.82) is 0 Å². The molecule has 2 aromatic heterocycles. The molecule has 1 atom stereocenters. The van der Waals surface area contributed by atoms with Gasteiger partial charge in [0.15, 0.2) is 11.5 Å². The van der Waals surface area contributed by atoms with Gasteiger partial charge in [-0.3, -0.25) is 4.79 Å². The van der Waals surface area contributed by atoms with Crippen molar-refractivity contribution < 1.29 is 14.3 Å². The molecule has 31 heavy (non-hydrogen) atoms. The molecule has 0 saturated heterocycles. The maximum absolute atomic E-state index is 12.9. The Labute approximate surface area is 187 Å². The lowest BCUT2D eigenvalue weighted by molar-refractivity contribution is 0.102. The molecule has 162 valence electrons. The number of aromatic nitrogens is 1. The van der Waals surface area contributed by atoms with Crippen LogP contribution in [-0.2, 0) is 12.8 Å². The summed E-state index contributed by atoms with van der Waals surface area (Å²) in [6.07, 6.45) is 4.77. The van der Waals surface area contributed by atoms with E-state index in [0.717, 1.165) is 24.8 Å². The lowest BCUT2D eigenvalue weighted by Crippen LogP contribution is -2.27. The van der Waals surface area contributed by atoms with E-state index in [9.17, 15) is 4.79 Å². The van der Waals surface area contributed by atoms with Gasteiger partial charge in [0.2, 0.25) is 5.88 Å². The molecule has 2 heterocycles. The number of para-hydroxylation sites is 2. The van der Waals surface area contributed by atoms with Gasteiger partial charge in [-0.15, -0.1) is 11.3 Å². The molecule has 0 bridgehead atoms. The molecule has 1 aliphatic carbocycles. The molecular formula is C25H28N2O3S. The third-order valence-electron chi connectivity index (χ3n) is 5.90. The maximum Gasteiger partial charge on any atom is 0.256 e. The summed E-state index contributed by atoms with van der Waals surface area (Å²) in [5, 5.41) is 4.97. The SMILES string of the molecule is COc1ccccc1Oc1ccc(NC(=O)c2csc3c2CCC(C(C)(C)C)C3)cn1. The van der Waals surface area contributed by atoms with E-state index in [-0.39, 0.29) is 5.91 Å². The van der Waals surface area contributed by atoms with E-state index in [4.69, 9.17) is 9.47 Å². The van der Waals surface area contributed by atoms with Crippen LogP contribution >= 0.6 is 11.3 Å². The molecule has 0 saturated carbocycles. The number of hydrogen-bond acceptors (Lipinski definition) is 5. The summed E-state index contributed by atoms with van der Waals surface area (Å²) >= 11 is 1.71. The largest absolute Gasteiger partial charge is 0.493 e. The third kappa shape index (κ3) is 4.74. The number of anilines is 1. The smallest absolute Gasteiger partial charge is 0.256 e. The fourth-order valence-corrected chi connectivity index (χ4v) is 5.13. The fourth-order valence-electron chi connectivity index (χ4n) is 3.97. The first kappa shape index (κ1) is 21.4. The maximum atomic E-state index is 12.9. The lowest BCUT2D eigenvalue weighted by Gasteiger charge is -2.34. The van der Waals surface area contributed by atoms with Gasteiger partial charge in [0.1, 0.15) is 0 Å². The van der Waals surface area contributed by atoms with E-state index >= 15 is 0 Å². The molecule has 1 N–H and O–H groups in total. The van der Waals surface area contributed by atoms with Gasteiger partial charge in [0.25, 0.3) is 5.91 Å². The Balaban J connectivity index is 1.43. The number of hydrogen-bond donors (Lipinski definition) is 1. The summed E-state index contributed by atoms with van der Waals surface area (Å²) < 4.78 is 11.1. The molecule has 1 unspecified atom stereocenters. The molecule has 3 aromatic rings. The first-order valence-corrected chi connectivity index (χ1v) is 11.4. The highest BCUT2D eigenvalue weighted by molar-refractivity contribution is 7.10. The van der Waals surface area contributed by atoms with Crippen molar-refractivity contribution in [3.05, 3.63) is 64.0 Å². The lowest BCUT2D eigenvalue weighted by atomic mass is 9.72. The van der Waals surface area contributed by atoms with Gasteiger partial charge in [0.05, 0.1) is 24.6 Å². The Kier molecular flexibility index (Phi) is 6.01. The highest BCUT2D eigenvalue weighted by Gasteiger charge is 2.31. The molecule has 5 nitrogen and oxygen atoms in total. The molecule has 1 aliphatic rings. The quantitative estimate of drug-likeness (QED) is 0.506. The summed E-state index contributed by atoms with van der Waals surface area (Å²) in [4.78, 5) is 18.6. The van der Waals surface area contributed by atoms with Crippen molar-refractivity contribution in [2.75, 3.05) is 12.4 Å². The topological polar surface area (TPSA) is 60.5 Å². The van der Waals surface area contributed by atoms with Crippen molar-refractivity contribution in [3.8, 4) is 17.4 Å². The zero-order chi connectivity index (χ0) is 22.0. The zero-order valence-corrected chi connectivity index (χ0v) is 19.2. The number of pyridine rings is 1. The molecule has 1 amide bonds. The molecule has 0 fully saturated rings. The average molecular weight is 437 g/mol. The van der Waals surface area contributed by atoms with Crippen LogP contribution in [0.4, 0.5) is 5.69 Å². The minimum Gasteiger partial charge on any atom is -0.493 e. The van der Waals surface area contributed by atoms with E-state index in [1.807, 2.05) is 29.6 Å². The Morgan fingerprint density at radius 2 is 1.94 bits per heavy atom. The summed E-state index contributed by atoms with van der Waals surface area (Å²) in [7, 11) is 1.60. The highest BCUT2D eigenvalue weighted by Crippen LogP contribution is 2.40. The Morgan fingerprint density at radius 3 is 2.61 bits per heavy atom. The number of nitrogens with zero attached hydrogens (tertiary/aromatic N) is 1. The summed E-state index contributed by atoms with van der Waals surface area (Å²) in [5.74, 6) is 2.25. The van der Waals surface area contributed by atoms with Gasteiger partial charge < -0.3 is 14.8 Å². The molecule has 0 spiro atoms. The van der Waals surface area contributed by atoms with Crippen molar-refractivity contribution in [2.45, 2.75) is 40.0 Å². The molecule has 6 heteroatoms. The summed E-state index contributed by atoms with van der Waals surface area (Å²) in [5.41, 5.74) is 2.94. The normalized spacial score (nSPS) is 15.8. The molecule has 1 aromatic carbocycles. The van der Waals surface area contributed by atoms with E-state index < -0.39 is 0 Å². The minimum absolute atomic E-state index is 0.0769. The van der Waals surface area contributed by atoms with Gasteiger partial charge in [-0.1, -0.05) is 32.9 Å². The molecular weight excluding hydrogens is 408 g/mol. The van der Waals surface area contributed by atoms with Crippen LogP contribution in [0.3, 0.4) is 0 Å². The van der Waals surface area contributed by atoms with Crippen molar-refractivity contribution in [1.82, 2.24) is 4.98 Å². The number of fused-ring (bicyclic) bond motifs is 1. The fraction of sp³-hybridized carbons (Fsp3) is 0.360. The van der Waals surface area contributed by atoms with Gasteiger partial charge in [-0.25, -0.2) is 4.98 Å². The van der Waals surface area contributed by atoms with Crippen LogP contribution < -0.4 is 14.8 Å². The van der Waals surface area contributed by atoms with Crippen LogP contribution in [0.25, 0.3) is 0 Å². The second-order valence-corrected chi connectivity index (χ2v) is 9.91. The van der Waals surface area contributed by atoms with Crippen LogP contribution in [0.2, 0.25) is 0 Å². The number of thiophene rings is 1. The zero-order valence-electron chi connectivity index (χ0n) is 18.4. The number of carbonyl (C=O) groups excluding carboxylic acids is 1. The Bertz CT molecular complexity index is 1070. The monoisotopic (exact) mass is 436 g/mol. The minimum atomic E-state index is -0.0769. The van der Waals surface area contributed by atoms with Crippen LogP contribution in [-0.4, -0.2) is 18.0 Å². The second kappa shape index (κ2) is 8.71. The molecule has 0 radical (unpaired) electrons. The number of rotatable bonds is 5. The Morgan fingerprint density at radius 1 is 1.16 bits per heavy atom. The van der Waals surface area contributed by atoms with Gasteiger partial charge in [-0.05, 0) is 54.4 Å². The van der Waals surface area contributed by atoms with Crippen molar-refractivity contribution in [2.24, 2.45) is 11.3 Å². The second-order valence-electron chi connectivity index (χ2n) is 8.95. The Hall–Kier alpha value is -2.86. The van der Waals surface area contributed by atoms with Crippen LogP contribution in [0, 0.1) is 11.3 Å². The third-order valence-corrected chi connectivity index (χ3v) is 6.95. The first-order valence-electron chi connectivity index (χ1n) is 10.5. The number of carbonyl (C=O) groups is 1. The molecule has 0 aliphatic heterocycles. The first-order chi connectivity index (χ1) is 14.8. The van der Waals surface area contributed by atoms with Crippen LogP contribution in [0.1, 0.15) is 48.0 Å². The number of ether oxygens (including phenoxy) is 2. The van der Waals surface area contributed by atoms with Crippen molar-refractivity contribution in [3.63, 3.8) is 0 Å². The summed E-state index contributed by atoms with van der Waals surface area (Å²) in [6.45, 7) is 6.91. The predicted octanol–water partition coefficient (Wildman–Crippen LogP) is 6.35. The molecule has 4 rings (SSSR count). The van der Waals surface area contributed by atoms with Gasteiger partial charge >= 0.3 is 0 Å². The van der Waals surface area contributed by atoms with E-state index in [1.165, 1.54) is 10.4 Å². The number of benzene rings is 1. The number of amides is 1. The van der Waals surface area contributed by atoms with E-state index in [0.29, 0.717) is 34.4 Å². The van der Waals surface area contributed by atoms with E-state index in [1.54, 1.807) is 36.8 Å². The van der Waals surface area contributed by atoms with Gasteiger partial charge in [-0.2, -0.15) is 0 Å². The van der Waals surface area contributed by atoms with Gasteiger partial charge in [0, 0.05) is 16.3 Å². The highest BCUT2D eigenvalue weighted by atomic mass is 32.1. The van der Waals surface area contributed by atoms with Crippen molar-refractivity contribution >= 4 is 22.9 Å². The standard InChI is InChI=1S/C25H28N2O3S/c1-25(2,3)16-9-11-18-19(15-31-22(18)13-16)24(28)27-17-10-12-23(26-14-17)30-21-8-6-5-7-20(21)29-4/h5-8,10,12,14-16H,9,11,13H2,1-4H3,(H,27,28). The average Bonchev–Trinajstić information content (AvgIpc) is 3.18. The van der Waals surface area contributed by atoms with E-state index in [2.05, 4.69) is 31.1 Å². The number of methoxy groups -OCH3 is 1. The van der Waals surface area contributed by atoms with Crippen LogP contribution in [0.5, 0.6) is 17.4 Å². The number of nitrogens with one attached hydrogen (secondary N) is 1. The van der Waals surface area contributed by atoms with Crippen LogP contribution in [0.15, 0.2) is 48.0 Å². The summed E-state index contributed by atoms with van der Waals surface area (Å²) in [6, 6.07) is 10.9. The predicted molar refractivity (Wildman–Crippen MR) is 125 cm³/mol.